The third-order valence-electron chi connectivity index (χ3n) is 3.44. The Bertz CT molecular complexity index is 493. The van der Waals surface area contributed by atoms with E-state index in [-0.39, 0.29) is 6.04 Å². The van der Waals surface area contributed by atoms with Crippen LogP contribution < -0.4 is 0 Å². The van der Waals surface area contributed by atoms with Crippen LogP contribution in [0.2, 0.25) is 0 Å². The molecule has 1 saturated heterocycles. The second-order valence-electron chi connectivity index (χ2n) is 5.24. The molecule has 0 spiro atoms. The lowest BCUT2D eigenvalue weighted by Crippen LogP contribution is -2.45. The van der Waals surface area contributed by atoms with Gasteiger partial charge in [0.25, 0.3) is 10.2 Å². The zero-order valence-electron chi connectivity index (χ0n) is 11.6. The Morgan fingerprint density at radius 1 is 1.16 bits per heavy atom. The van der Waals surface area contributed by atoms with Crippen molar-refractivity contribution in [1.82, 2.24) is 8.61 Å². The summed E-state index contributed by atoms with van der Waals surface area (Å²) in [5.74, 6) is 0. The topological polar surface area (TPSA) is 40.6 Å². The monoisotopic (exact) mass is 282 g/mol. The van der Waals surface area contributed by atoms with Crippen LogP contribution in [0.4, 0.5) is 0 Å². The third kappa shape index (κ3) is 3.35. The Balaban J connectivity index is 2.20. The molecule has 0 amide bonds. The van der Waals surface area contributed by atoms with Crippen molar-refractivity contribution in [1.29, 1.82) is 0 Å². The highest BCUT2D eigenvalue weighted by atomic mass is 32.2. The minimum atomic E-state index is -3.33. The highest BCUT2D eigenvalue weighted by molar-refractivity contribution is 7.86. The van der Waals surface area contributed by atoms with Crippen molar-refractivity contribution in [3.05, 3.63) is 35.9 Å². The van der Waals surface area contributed by atoms with Crippen LogP contribution in [0.25, 0.3) is 0 Å². The summed E-state index contributed by atoms with van der Waals surface area (Å²) in [5, 5.41) is 0. The average molecular weight is 282 g/mol. The molecule has 0 unspecified atom stereocenters. The van der Waals surface area contributed by atoms with Crippen LogP contribution >= 0.6 is 0 Å². The number of benzene rings is 1. The Kier molecular flexibility index (Phi) is 4.60. The second-order valence-corrected chi connectivity index (χ2v) is 7.12. The normalized spacial score (nSPS) is 17.5. The van der Waals surface area contributed by atoms with E-state index in [1.54, 1.807) is 8.61 Å². The fraction of sp³-hybridized carbons (Fsp3) is 0.571. The van der Waals surface area contributed by atoms with Gasteiger partial charge in [0.2, 0.25) is 0 Å². The van der Waals surface area contributed by atoms with E-state index in [1.165, 1.54) is 0 Å². The maximum absolute atomic E-state index is 12.6. The lowest BCUT2D eigenvalue weighted by Gasteiger charge is -2.30. The highest BCUT2D eigenvalue weighted by Crippen LogP contribution is 2.20. The first-order chi connectivity index (χ1) is 9.01. The average Bonchev–Trinajstić information content (AvgIpc) is 2.91. The summed E-state index contributed by atoms with van der Waals surface area (Å²) in [6.45, 7) is 5.60. The smallest absolute Gasteiger partial charge is 0.195 e. The van der Waals surface area contributed by atoms with Crippen molar-refractivity contribution in [2.75, 3.05) is 13.1 Å². The molecule has 0 N–H and O–H groups in total. The van der Waals surface area contributed by atoms with Crippen LogP contribution in [0.3, 0.4) is 0 Å². The van der Waals surface area contributed by atoms with Crippen molar-refractivity contribution >= 4 is 10.2 Å². The summed E-state index contributed by atoms with van der Waals surface area (Å²) in [6, 6.07) is 9.72. The van der Waals surface area contributed by atoms with Gasteiger partial charge in [-0.3, -0.25) is 0 Å². The number of rotatable bonds is 5. The van der Waals surface area contributed by atoms with Crippen LogP contribution in [-0.4, -0.2) is 36.2 Å². The Labute approximate surface area is 116 Å². The van der Waals surface area contributed by atoms with E-state index in [2.05, 4.69) is 0 Å². The molecule has 106 valence electrons. The molecule has 0 bridgehead atoms. The Morgan fingerprint density at radius 3 is 2.26 bits per heavy atom. The van der Waals surface area contributed by atoms with Crippen molar-refractivity contribution in [3.63, 3.8) is 0 Å². The maximum Gasteiger partial charge on any atom is 0.282 e. The molecule has 5 heteroatoms. The molecule has 2 rings (SSSR count). The van der Waals surface area contributed by atoms with Gasteiger partial charge >= 0.3 is 0 Å². The number of hydrogen-bond acceptors (Lipinski definition) is 2. The molecule has 1 fully saturated rings. The molecule has 0 aromatic heterocycles. The van der Waals surface area contributed by atoms with Gasteiger partial charge in [0.1, 0.15) is 0 Å². The molecular weight excluding hydrogens is 260 g/mol. The van der Waals surface area contributed by atoms with E-state index in [1.807, 2.05) is 44.2 Å². The van der Waals surface area contributed by atoms with E-state index in [4.69, 9.17) is 0 Å². The molecule has 0 saturated carbocycles. The predicted octanol–water partition coefficient (Wildman–Crippen LogP) is 2.24. The summed E-state index contributed by atoms with van der Waals surface area (Å²) < 4.78 is 28.5. The van der Waals surface area contributed by atoms with Crippen molar-refractivity contribution < 1.29 is 8.42 Å². The van der Waals surface area contributed by atoms with Crippen molar-refractivity contribution in [2.45, 2.75) is 39.3 Å². The Morgan fingerprint density at radius 2 is 1.74 bits per heavy atom. The standard InChI is InChI=1S/C14H22N2O2S/c1-13(2)16(12-14-8-4-3-5-9-14)19(17,18)15-10-6-7-11-15/h3-5,8-9,13H,6-7,10-12H2,1-2H3. The summed E-state index contributed by atoms with van der Waals surface area (Å²) in [4.78, 5) is 0. The molecule has 1 aromatic carbocycles. The maximum atomic E-state index is 12.6. The number of hydrogen-bond donors (Lipinski definition) is 0. The minimum Gasteiger partial charge on any atom is -0.195 e. The molecule has 19 heavy (non-hydrogen) atoms. The van der Waals surface area contributed by atoms with Gasteiger partial charge in [-0.15, -0.1) is 0 Å². The molecular formula is C14H22N2O2S. The fourth-order valence-corrected chi connectivity index (χ4v) is 4.22. The van der Waals surface area contributed by atoms with Gasteiger partial charge in [0.15, 0.2) is 0 Å². The molecule has 1 aromatic rings. The van der Waals surface area contributed by atoms with E-state index in [0.717, 1.165) is 18.4 Å². The molecule has 0 aliphatic carbocycles. The summed E-state index contributed by atoms with van der Waals surface area (Å²) in [6.07, 6.45) is 1.94. The first kappa shape index (κ1) is 14.5. The summed E-state index contributed by atoms with van der Waals surface area (Å²) in [7, 11) is -3.33. The molecule has 1 aliphatic heterocycles. The lowest BCUT2D eigenvalue weighted by molar-refractivity contribution is 0.313. The number of nitrogens with zero attached hydrogens (tertiary/aromatic N) is 2. The fourth-order valence-electron chi connectivity index (χ4n) is 2.36. The van der Waals surface area contributed by atoms with Crippen LogP contribution in [0.15, 0.2) is 30.3 Å². The Hall–Kier alpha value is -0.910. The van der Waals surface area contributed by atoms with E-state index in [9.17, 15) is 8.42 Å². The van der Waals surface area contributed by atoms with E-state index in [0.29, 0.717) is 19.6 Å². The van der Waals surface area contributed by atoms with Crippen LogP contribution in [0.1, 0.15) is 32.3 Å². The molecule has 0 radical (unpaired) electrons. The van der Waals surface area contributed by atoms with Gasteiger partial charge in [0.05, 0.1) is 0 Å². The SMILES string of the molecule is CC(C)N(Cc1ccccc1)S(=O)(=O)N1CCCC1. The van der Waals surface area contributed by atoms with Gasteiger partial charge in [-0.2, -0.15) is 17.0 Å². The molecule has 4 nitrogen and oxygen atoms in total. The summed E-state index contributed by atoms with van der Waals surface area (Å²) >= 11 is 0. The zero-order valence-corrected chi connectivity index (χ0v) is 12.4. The van der Waals surface area contributed by atoms with Crippen LogP contribution in [0.5, 0.6) is 0 Å². The summed E-state index contributed by atoms with van der Waals surface area (Å²) in [5.41, 5.74) is 1.03. The van der Waals surface area contributed by atoms with Gasteiger partial charge < -0.3 is 0 Å². The molecule has 0 atom stereocenters. The molecule has 1 aliphatic rings. The lowest BCUT2D eigenvalue weighted by atomic mass is 10.2. The first-order valence-corrected chi connectivity index (χ1v) is 8.22. The third-order valence-corrected chi connectivity index (χ3v) is 5.61. The second kappa shape index (κ2) is 6.03. The quantitative estimate of drug-likeness (QED) is 0.831. The van der Waals surface area contributed by atoms with Crippen molar-refractivity contribution in [2.24, 2.45) is 0 Å². The van der Waals surface area contributed by atoms with Crippen LogP contribution in [0, 0.1) is 0 Å². The predicted molar refractivity (Wildman–Crippen MR) is 76.8 cm³/mol. The highest BCUT2D eigenvalue weighted by Gasteiger charge is 2.33. The van der Waals surface area contributed by atoms with Gasteiger partial charge in [0, 0.05) is 25.7 Å². The first-order valence-electron chi connectivity index (χ1n) is 6.82. The minimum absolute atomic E-state index is 0.0363. The van der Waals surface area contributed by atoms with Gasteiger partial charge in [-0.25, -0.2) is 0 Å². The zero-order chi connectivity index (χ0) is 13.9. The van der Waals surface area contributed by atoms with Crippen molar-refractivity contribution in [3.8, 4) is 0 Å². The van der Waals surface area contributed by atoms with Gasteiger partial charge in [-0.05, 0) is 32.3 Å². The van der Waals surface area contributed by atoms with E-state index >= 15 is 0 Å². The van der Waals surface area contributed by atoms with Crippen LogP contribution in [-0.2, 0) is 16.8 Å². The molecule has 1 heterocycles. The largest absolute Gasteiger partial charge is 0.282 e. The van der Waals surface area contributed by atoms with E-state index < -0.39 is 10.2 Å². The van der Waals surface area contributed by atoms with Gasteiger partial charge in [-0.1, -0.05) is 30.3 Å².